The number of carbonyl (C=O) groups is 1. The van der Waals surface area contributed by atoms with E-state index in [2.05, 4.69) is 50.9 Å². The van der Waals surface area contributed by atoms with Crippen molar-refractivity contribution in [3.63, 3.8) is 0 Å². The minimum Gasteiger partial charge on any atom is -0.476 e. The number of fused-ring (bicyclic) bond motifs is 1. The molecule has 0 atom stereocenters. The molecule has 0 radical (unpaired) electrons. The van der Waals surface area contributed by atoms with Crippen LogP contribution in [0.5, 0.6) is 5.88 Å². The van der Waals surface area contributed by atoms with Gasteiger partial charge in [-0.25, -0.2) is 9.37 Å². The van der Waals surface area contributed by atoms with Gasteiger partial charge >= 0.3 is 0 Å². The van der Waals surface area contributed by atoms with E-state index in [1.54, 1.807) is 32.4 Å². The summed E-state index contributed by atoms with van der Waals surface area (Å²) in [5.41, 5.74) is 5.60. The highest BCUT2D eigenvalue weighted by Crippen LogP contribution is 2.40. The van der Waals surface area contributed by atoms with Crippen LogP contribution in [0.2, 0.25) is 5.02 Å². The predicted molar refractivity (Wildman–Crippen MR) is 169 cm³/mol. The van der Waals surface area contributed by atoms with Crippen LogP contribution in [-0.4, -0.2) is 54.6 Å². The van der Waals surface area contributed by atoms with Crippen molar-refractivity contribution in [2.24, 2.45) is 0 Å². The van der Waals surface area contributed by atoms with Gasteiger partial charge in [0.1, 0.15) is 12.4 Å². The van der Waals surface area contributed by atoms with Crippen LogP contribution in [0.25, 0.3) is 22.0 Å². The number of benzene rings is 2. The summed E-state index contributed by atoms with van der Waals surface area (Å²) in [4.78, 5) is 21.2. The van der Waals surface area contributed by atoms with Crippen LogP contribution in [0, 0.1) is 9.39 Å². The normalized spacial score (nSPS) is 12.2. The van der Waals surface area contributed by atoms with Gasteiger partial charge in [-0.05, 0) is 64.4 Å². The molecule has 0 aliphatic carbocycles. The molecule has 2 heterocycles. The average molecular weight is 673 g/mol. The van der Waals surface area contributed by atoms with Gasteiger partial charge in [-0.1, -0.05) is 48.9 Å². The van der Waals surface area contributed by atoms with Gasteiger partial charge in [0.05, 0.1) is 10.7 Å². The quantitative estimate of drug-likeness (QED) is 0.103. The van der Waals surface area contributed by atoms with E-state index in [1.807, 2.05) is 30.3 Å². The number of likely N-dealkylation sites (N-methyl/N-ethyl adjacent to an activating group) is 1. The summed E-state index contributed by atoms with van der Waals surface area (Å²) in [6.07, 6.45) is 5.79. The Morgan fingerprint density at radius 1 is 1.20 bits per heavy atom. The maximum atomic E-state index is 13.9. The third-order valence-corrected chi connectivity index (χ3v) is 7.75. The second kappa shape index (κ2) is 13.9. The number of aromatic nitrogens is 2. The number of ether oxygens (including phenoxy) is 1. The predicted octanol–water partition coefficient (Wildman–Crippen LogP) is 6.94. The number of hydrogen-bond donors (Lipinski definition) is 2. The van der Waals surface area contributed by atoms with E-state index >= 15 is 0 Å². The van der Waals surface area contributed by atoms with E-state index in [0.717, 1.165) is 42.4 Å². The number of nitrogens with zero attached hydrogens (tertiary/aromatic N) is 2. The van der Waals surface area contributed by atoms with E-state index in [4.69, 9.17) is 16.3 Å². The minimum atomic E-state index is -0.373. The first-order valence-electron chi connectivity index (χ1n) is 12.9. The molecule has 6 nitrogen and oxygen atoms in total. The van der Waals surface area contributed by atoms with Crippen LogP contribution in [0.3, 0.4) is 0 Å². The van der Waals surface area contributed by atoms with Gasteiger partial charge in [0.15, 0.2) is 0 Å². The smallest absolute Gasteiger partial charge is 0.245 e. The molecule has 2 aromatic carbocycles. The maximum absolute atomic E-state index is 13.9. The van der Waals surface area contributed by atoms with E-state index in [1.165, 1.54) is 23.1 Å². The largest absolute Gasteiger partial charge is 0.476 e. The Morgan fingerprint density at radius 3 is 2.67 bits per heavy atom. The zero-order valence-electron chi connectivity index (χ0n) is 22.6. The van der Waals surface area contributed by atoms with E-state index in [0.29, 0.717) is 37.0 Å². The first kappa shape index (κ1) is 29.8. The van der Waals surface area contributed by atoms with Gasteiger partial charge in [-0.2, -0.15) is 0 Å². The lowest BCUT2D eigenvalue weighted by Crippen LogP contribution is -2.22. The third-order valence-electron chi connectivity index (χ3n) is 6.32. The van der Waals surface area contributed by atoms with Crippen molar-refractivity contribution < 1.29 is 13.9 Å². The highest BCUT2D eigenvalue weighted by atomic mass is 127. The second-order valence-corrected chi connectivity index (χ2v) is 10.7. The summed E-state index contributed by atoms with van der Waals surface area (Å²) in [6, 6.07) is 16.5. The molecule has 40 heavy (non-hydrogen) atoms. The molecule has 0 unspecified atom stereocenters. The topological polar surface area (TPSA) is 70.2 Å². The Labute approximate surface area is 252 Å². The van der Waals surface area contributed by atoms with Gasteiger partial charge in [0, 0.05) is 71.1 Å². The first-order valence-corrected chi connectivity index (χ1v) is 14.4. The van der Waals surface area contributed by atoms with E-state index < -0.39 is 0 Å². The number of hydrogen-bond acceptors (Lipinski definition) is 4. The number of amides is 1. The molecule has 4 rings (SSSR count). The van der Waals surface area contributed by atoms with Crippen molar-refractivity contribution >= 4 is 62.1 Å². The van der Waals surface area contributed by atoms with Crippen molar-refractivity contribution in [1.82, 2.24) is 20.2 Å². The Balaban J connectivity index is 1.60. The summed E-state index contributed by atoms with van der Waals surface area (Å²) < 4.78 is 20.8. The number of carbonyl (C=O) groups excluding carboxylic acids is 1. The standard InChI is InChI=1S/C31H31ClFIN4O2/c1-4-22(23-13-12-21(33)18-25(23)32)29(31-30(34)24-8-5-6-9-26(24)37-31)20-11-14-27(36-19-20)40-17-16-35-15-7-10-28(39)38(2)3/h5-14,18-19,35,37H,4,15-17H2,1-3H3/b10-7+,29-22+. The Bertz CT molecular complexity index is 1550. The Hall–Kier alpha value is -3.21. The van der Waals surface area contributed by atoms with Crippen LogP contribution >= 0.6 is 34.2 Å². The first-order chi connectivity index (χ1) is 19.3. The van der Waals surface area contributed by atoms with Crippen LogP contribution < -0.4 is 10.1 Å². The van der Waals surface area contributed by atoms with Crippen molar-refractivity contribution in [1.29, 1.82) is 0 Å². The molecule has 2 N–H and O–H groups in total. The van der Waals surface area contributed by atoms with Gasteiger partial charge in [0.25, 0.3) is 0 Å². The summed E-state index contributed by atoms with van der Waals surface area (Å²) >= 11 is 8.91. The zero-order chi connectivity index (χ0) is 28.6. The molecule has 9 heteroatoms. The minimum absolute atomic E-state index is 0.0502. The van der Waals surface area contributed by atoms with Crippen molar-refractivity contribution in [2.45, 2.75) is 13.3 Å². The molecule has 0 aliphatic rings. The van der Waals surface area contributed by atoms with Gasteiger partial charge in [-0.15, -0.1) is 0 Å². The number of aromatic amines is 1. The van der Waals surface area contributed by atoms with E-state index in [-0.39, 0.29) is 11.7 Å². The highest BCUT2D eigenvalue weighted by Gasteiger charge is 2.21. The molecule has 0 saturated heterocycles. The summed E-state index contributed by atoms with van der Waals surface area (Å²) in [7, 11) is 3.43. The number of rotatable bonds is 11. The number of pyridine rings is 1. The second-order valence-electron chi connectivity index (χ2n) is 9.26. The number of H-pyrrole nitrogens is 1. The van der Waals surface area contributed by atoms with Crippen molar-refractivity contribution in [3.8, 4) is 5.88 Å². The fraction of sp³-hybridized carbons (Fsp3) is 0.226. The Morgan fingerprint density at radius 2 is 2.00 bits per heavy atom. The number of allylic oxidation sites excluding steroid dienone is 1. The monoisotopic (exact) mass is 672 g/mol. The number of nitrogens with one attached hydrogen (secondary N) is 2. The van der Waals surface area contributed by atoms with Gasteiger partial charge < -0.3 is 19.9 Å². The summed E-state index contributed by atoms with van der Waals surface area (Å²) in [6.45, 7) is 3.66. The lowest BCUT2D eigenvalue weighted by atomic mass is 9.91. The molecule has 1 amide bonds. The average Bonchev–Trinajstić information content (AvgIpc) is 3.27. The molecule has 0 bridgehead atoms. The molecule has 0 saturated carbocycles. The molecular weight excluding hydrogens is 642 g/mol. The van der Waals surface area contributed by atoms with Gasteiger partial charge in [0.2, 0.25) is 11.8 Å². The molecule has 4 aromatic rings. The van der Waals surface area contributed by atoms with Crippen LogP contribution in [0.4, 0.5) is 4.39 Å². The van der Waals surface area contributed by atoms with E-state index in [9.17, 15) is 9.18 Å². The zero-order valence-corrected chi connectivity index (χ0v) is 25.5. The molecule has 2 aromatic heterocycles. The van der Waals surface area contributed by atoms with Crippen molar-refractivity contribution in [3.05, 3.63) is 104 Å². The molecular formula is C31H31ClFIN4O2. The molecule has 208 valence electrons. The molecule has 0 fully saturated rings. The number of halogens is 3. The number of para-hydroxylation sites is 1. The van der Waals surface area contributed by atoms with Gasteiger partial charge in [-0.3, -0.25) is 4.79 Å². The van der Waals surface area contributed by atoms with Crippen LogP contribution in [0.15, 0.2) is 72.9 Å². The third kappa shape index (κ3) is 7.10. The summed E-state index contributed by atoms with van der Waals surface area (Å²) in [5, 5.41) is 4.69. The van der Waals surface area contributed by atoms with Crippen LogP contribution in [-0.2, 0) is 4.79 Å². The van der Waals surface area contributed by atoms with Crippen molar-refractivity contribution in [2.75, 3.05) is 33.8 Å². The molecule has 0 aliphatic heterocycles. The lowest BCUT2D eigenvalue weighted by Gasteiger charge is -2.17. The fourth-order valence-corrected chi connectivity index (χ4v) is 5.48. The van der Waals surface area contributed by atoms with Crippen LogP contribution in [0.1, 0.15) is 30.2 Å². The highest BCUT2D eigenvalue weighted by molar-refractivity contribution is 14.1. The Kier molecular flexibility index (Phi) is 10.4. The molecule has 0 spiro atoms. The summed E-state index contributed by atoms with van der Waals surface area (Å²) in [5.74, 6) is 0.0833. The fourth-order valence-electron chi connectivity index (χ4n) is 4.32. The lowest BCUT2D eigenvalue weighted by molar-refractivity contribution is -0.123. The maximum Gasteiger partial charge on any atom is 0.245 e. The SMILES string of the molecule is CC/C(=C(/c1ccc(OCCNC/C=C/C(=O)N(C)C)nc1)c1[nH]c2ccccc2c1I)c1ccc(F)cc1Cl.